The molecule has 0 radical (unpaired) electrons. The van der Waals surface area contributed by atoms with Crippen LogP contribution in [0.5, 0.6) is 0 Å². The van der Waals surface area contributed by atoms with Gasteiger partial charge in [-0.2, -0.15) is 0 Å². The van der Waals surface area contributed by atoms with E-state index in [1.807, 2.05) is 0 Å². The van der Waals surface area contributed by atoms with E-state index in [1.54, 1.807) is 18.2 Å². The Morgan fingerprint density at radius 3 is 2.32 bits per heavy atom. The number of hydrogen-bond acceptors (Lipinski definition) is 1. The molecule has 0 aliphatic rings. The van der Waals surface area contributed by atoms with Gasteiger partial charge >= 0.3 is 0 Å². The molecule has 0 spiro atoms. The first-order valence-corrected chi connectivity index (χ1v) is 7.21. The van der Waals surface area contributed by atoms with Gasteiger partial charge in [-0.25, -0.2) is 8.78 Å². The summed E-state index contributed by atoms with van der Waals surface area (Å²) in [5, 5.41) is 0.526. The molecule has 19 heavy (non-hydrogen) atoms. The maximum atomic E-state index is 13.8. The molecule has 6 heteroatoms. The molecular weight excluding hydrogens is 403 g/mol. The highest BCUT2D eigenvalue weighted by Gasteiger charge is 2.17. The smallest absolute Gasteiger partial charge is 0.137 e. The summed E-state index contributed by atoms with van der Waals surface area (Å²) in [6.45, 7) is 0. The van der Waals surface area contributed by atoms with Crippen LogP contribution in [0.3, 0.4) is 0 Å². The SMILES string of the molecule is NC(c1ccc(Cl)c(Br)c1)c1cc(F)c(Br)cc1F. The third-order valence-electron chi connectivity index (χ3n) is 2.68. The fraction of sp³-hybridized carbons (Fsp3) is 0.0769. The Bertz CT molecular complexity index is 634. The fourth-order valence-corrected chi connectivity index (χ4v) is 2.49. The molecule has 2 rings (SSSR count). The second-order valence-corrected chi connectivity index (χ2v) is 6.05. The molecule has 1 nitrogen and oxygen atoms in total. The normalized spacial score (nSPS) is 12.5. The van der Waals surface area contributed by atoms with Gasteiger partial charge in [0, 0.05) is 10.0 Å². The predicted octanol–water partition coefficient (Wildman–Crippen LogP) is 5.19. The van der Waals surface area contributed by atoms with Gasteiger partial charge in [0.05, 0.1) is 15.5 Å². The van der Waals surface area contributed by atoms with E-state index in [4.69, 9.17) is 17.3 Å². The molecule has 1 unspecified atom stereocenters. The standard InChI is InChI=1S/C13H8Br2ClF2N/c14-8-3-6(1-2-10(8)16)13(19)7-4-12(18)9(15)5-11(7)17/h1-5,13H,19H2. The molecule has 0 saturated heterocycles. The first-order chi connectivity index (χ1) is 8.90. The van der Waals surface area contributed by atoms with Crippen LogP contribution in [0, 0.1) is 11.6 Å². The molecule has 2 N–H and O–H groups in total. The van der Waals surface area contributed by atoms with E-state index in [0.29, 0.717) is 15.1 Å². The van der Waals surface area contributed by atoms with Gasteiger partial charge in [0.25, 0.3) is 0 Å². The van der Waals surface area contributed by atoms with E-state index in [-0.39, 0.29) is 10.0 Å². The molecule has 0 amide bonds. The van der Waals surface area contributed by atoms with E-state index < -0.39 is 17.7 Å². The molecule has 0 bridgehead atoms. The topological polar surface area (TPSA) is 26.0 Å². The van der Waals surface area contributed by atoms with E-state index in [9.17, 15) is 8.78 Å². The zero-order valence-corrected chi connectivity index (χ0v) is 13.4. The average molecular weight is 411 g/mol. The van der Waals surface area contributed by atoms with Crippen molar-refractivity contribution in [2.45, 2.75) is 6.04 Å². The van der Waals surface area contributed by atoms with Crippen LogP contribution < -0.4 is 5.73 Å². The van der Waals surface area contributed by atoms with E-state index >= 15 is 0 Å². The molecule has 0 fully saturated rings. The number of hydrogen-bond donors (Lipinski definition) is 1. The van der Waals surface area contributed by atoms with Gasteiger partial charge in [-0.15, -0.1) is 0 Å². The van der Waals surface area contributed by atoms with Crippen LogP contribution in [0.25, 0.3) is 0 Å². The highest BCUT2D eigenvalue weighted by atomic mass is 79.9. The van der Waals surface area contributed by atoms with Crippen LogP contribution >= 0.6 is 43.5 Å². The summed E-state index contributed by atoms with van der Waals surface area (Å²) in [5.41, 5.74) is 6.70. The average Bonchev–Trinajstić information content (AvgIpc) is 2.36. The summed E-state index contributed by atoms with van der Waals surface area (Å²) in [7, 11) is 0. The van der Waals surface area contributed by atoms with Crippen molar-refractivity contribution in [1.29, 1.82) is 0 Å². The zero-order chi connectivity index (χ0) is 14.2. The highest BCUT2D eigenvalue weighted by Crippen LogP contribution is 2.30. The van der Waals surface area contributed by atoms with Crippen LogP contribution in [0.15, 0.2) is 39.3 Å². The summed E-state index contributed by atoms with van der Waals surface area (Å²) in [6, 6.07) is 6.40. The van der Waals surface area contributed by atoms with Gasteiger partial charge in [-0.05, 0) is 61.7 Å². The monoisotopic (exact) mass is 409 g/mol. The van der Waals surface area contributed by atoms with Gasteiger partial charge < -0.3 is 5.73 Å². The third-order valence-corrected chi connectivity index (χ3v) is 4.50. The van der Waals surface area contributed by atoms with E-state index in [2.05, 4.69) is 31.9 Å². The third kappa shape index (κ3) is 3.16. The Balaban J connectivity index is 2.46. The van der Waals surface area contributed by atoms with Crippen LogP contribution in [-0.2, 0) is 0 Å². The molecule has 100 valence electrons. The Morgan fingerprint density at radius 2 is 1.68 bits per heavy atom. The molecule has 0 heterocycles. The van der Waals surface area contributed by atoms with Crippen molar-refractivity contribution in [3.05, 3.63) is 67.1 Å². The Kier molecular flexibility index (Phi) is 4.61. The van der Waals surface area contributed by atoms with Crippen molar-refractivity contribution in [1.82, 2.24) is 0 Å². The second kappa shape index (κ2) is 5.87. The zero-order valence-electron chi connectivity index (χ0n) is 9.43. The van der Waals surface area contributed by atoms with Crippen LogP contribution in [0.2, 0.25) is 5.02 Å². The van der Waals surface area contributed by atoms with Crippen LogP contribution in [-0.4, -0.2) is 0 Å². The summed E-state index contributed by atoms with van der Waals surface area (Å²) in [6.07, 6.45) is 0. The van der Waals surface area contributed by atoms with Gasteiger partial charge in [-0.1, -0.05) is 17.7 Å². The second-order valence-electron chi connectivity index (χ2n) is 3.94. The first-order valence-electron chi connectivity index (χ1n) is 5.25. The minimum Gasteiger partial charge on any atom is -0.320 e. The minimum absolute atomic E-state index is 0.0678. The Morgan fingerprint density at radius 1 is 1.00 bits per heavy atom. The lowest BCUT2D eigenvalue weighted by molar-refractivity contribution is 0.572. The molecule has 2 aromatic carbocycles. The van der Waals surface area contributed by atoms with Gasteiger partial charge in [-0.3, -0.25) is 0 Å². The van der Waals surface area contributed by atoms with Crippen molar-refractivity contribution in [3.63, 3.8) is 0 Å². The summed E-state index contributed by atoms with van der Waals surface area (Å²) in [5.74, 6) is -1.12. The summed E-state index contributed by atoms with van der Waals surface area (Å²) in [4.78, 5) is 0. The summed E-state index contributed by atoms with van der Waals surface area (Å²) < 4.78 is 28.0. The van der Waals surface area contributed by atoms with E-state index in [0.717, 1.165) is 12.1 Å². The maximum absolute atomic E-state index is 13.8. The molecule has 1 atom stereocenters. The van der Waals surface area contributed by atoms with Crippen LogP contribution in [0.1, 0.15) is 17.2 Å². The lowest BCUT2D eigenvalue weighted by Crippen LogP contribution is -2.14. The van der Waals surface area contributed by atoms with Crippen molar-refractivity contribution >= 4 is 43.5 Å². The van der Waals surface area contributed by atoms with Gasteiger partial charge in [0.15, 0.2) is 0 Å². The number of benzene rings is 2. The minimum atomic E-state index is -0.767. The predicted molar refractivity (Wildman–Crippen MR) is 79.2 cm³/mol. The number of halogens is 5. The van der Waals surface area contributed by atoms with Crippen molar-refractivity contribution in [2.75, 3.05) is 0 Å². The molecule has 0 aromatic heterocycles. The molecule has 0 aliphatic heterocycles. The van der Waals surface area contributed by atoms with Crippen LogP contribution in [0.4, 0.5) is 8.78 Å². The molecule has 0 aliphatic carbocycles. The molecule has 2 aromatic rings. The lowest BCUT2D eigenvalue weighted by Gasteiger charge is -2.15. The van der Waals surface area contributed by atoms with Crippen molar-refractivity contribution in [2.24, 2.45) is 5.73 Å². The Hall–Kier alpha value is -0.490. The first kappa shape index (κ1) is 14.9. The summed E-state index contributed by atoms with van der Waals surface area (Å²) >= 11 is 12.1. The number of rotatable bonds is 2. The van der Waals surface area contributed by atoms with Gasteiger partial charge in [0.2, 0.25) is 0 Å². The quantitative estimate of drug-likeness (QED) is 0.676. The Labute approximate surface area is 131 Å². The van der Waals surface area contributed by atoms with Gasteiger partial charge in [0.1, 0.15) is 11.6 Å². The largest absolute Gasteiger partial charge is 0.320 e. The van der Waals surface area contributed by atoms with E-state index in [1.165, 1.54) is 0 Å². The fourth-order valence-electron chi connectivity index (χ4n) is 1.66. The number of nitrogens with two attached hydrogens (primary N) is 1. The molecular formula is C13H8Br2ClF2N. The lowest BCUT2D eigenvalue weighted by atomic mass is 9.99. The highest BCUT2D eigenvalue weighted by molar-refractivity contribution is 9.10. The van der Waals surface area contributed by atoms with Crippen molar-refractivity contribution < 1.29 is 8.78 Å². The maximum Gasteiger partial charge on any atom is 0.137 e. The van der Waals surface area contributed by atoms with Crippen molar-refractivity contribution in [3.8, 4) is 0 Å². The molecule has 0 saturated carbocycles.